The van der Waals surface area contributed by atoms with Crippen molar-refractivity contribution in [2.75, 3.05) is 13.7 Å². The van der Waals surface area contributed by atoms with Crippen LogP contribution in [-0.2, 0) is 4.79 Å². The number of nitro benzene ring substituents is 1. The lowest BCUT2D eigenvalue weighted by atomic mass is 10.1. The zero-order valence-corrected chi connectivity index (χ0v) is 13.0. The van der Waals surface area contributed by atoms with Gasteiger partial charge >= 0.3 is 5.69 Å². The van der Waals surface area contributed by atoms with Crippen LogP contribution in [-0.4, -0.2) is 33.7 Å². The van der Waals surface area contributed by atoms with Crippen LogP contribution in [0.3, 0.4) is 0 Å². The van der Waals surface area contributed by atoms with Crippen LogP contribution in [0, 0.1) is 10.1 Å². The van der Waals surface area contributed by atoms with Crippen molar-refractivity contribution in [1.82, 2.24) is 4.90 Å². The van der Waals surface area contributed by atoms with E-state index in [1.165, 1.54) is 35.9 Å². The smallest absolute Gasteiger partial charge is 0.311 e. The molecular weight excluding hydrogens is 312 g/mol. The quantitative estimate of drug-likeness (QED) is 0.367. The molecule has 0 aliphatic carbocycles. The topological polar surface area (TPSA) is 72.7 Å². The van der Waals surface area contributed by atoms with Crippen LogP contribution in [0.1, 0.15) is 12.5 Å². The van der Waals surface area contributed by atoms with Crippen molar-refractivity contribution in [2.24, 2.45) is 0 Å². The summed E-state index contributed by atoms with van der Waals surface area (Å²) in [4.78, 5) is 24.5. The Morgan fingerprint density at radius 3 is 2.76 bits per heavy atom. The van der Waals surface area contributed by atoms with Crippen molar-refractivity contribution in [3.05, 3.63) is 38.8 Å². The van der Waals surface area contributed by atoms with Gasteiger partial charge in [-0.15, -0.1) is 0 Å². The van der Waals surface area contributed by atoms with Gasteiger partial charge in [0.1, 0.15) is 4.32 Å². The largest absolute Gasteiger partial charge is 0.490 e. The van der Waals surface area contributed by atoms with Crippen molar-refractivity contribution in [3.63, 3.8) is 0 Å². The molecule has 2 rings (SSSR count). The molecule has 0 atom stereocenters. The third-order valence-electron chi connectivity index (χ3n) is 2.89. The van der Waals surface area contributed by atoms with Gasteiger partial charge in [-0.1, -0.05) is 30.0 Å². The van der Waals surface area contributed by atoms with E-state index in [1.54, 1.807) is 12.1 Å². The van der Waals surface area contributed by atoms with Crippen LogP contribution in [0.5, 0.6) is 5.75 Å². The Labute approximate surface area is 130 Å². The number of amides is 1. The molecule has 0 N–H and O–H groups in total. The first kappa shape index (κ1) is 15.5. The molecule has 1 fully saturated rings. The molecule has 6 nitrogen and oxygen atoms in total. The van der Waals surface area contributed by atoms with Gasteiger partial charge in [0.25, 0.3) is 5.91 Å². The highest BCUT2D eigenvalue weighted by Crippen LogP contribution is 2.34. The zero-order chi connectivity index (χ0) is 15.6. The fraction of sp³-hybridized carbons (Fsp3) is 0.231. The van der Waals surface area contributed by atoms with E-state index in [2.05, 4.69) is 0 Å². The summed E-state index contributed by atoms with van der Waals surface area (Å²) < 4.78 is 5.44. The summed E-state index contributed by atoms with van der Waals surface area (Å²) in [6.45, 7) is 2.34. The SMILES string of the molecule is CCN1C(=O)/C(=C\c2ccc(OC)c([N+](=O)[O-])c2)SC1=S. The predicted octanol–water partition coefficient (Wildman–Crippen LogP) is 2.82. The molecule has 1 aromatic carbocycles. The minimum Gasteiger partial charge on any atom is -0.490 e. The Morgan fingerprint density at radius 1 is 1.52 bits per heavy atom. The van der Waals surface area contributed by atoms with E-state index in [0.717, 1.165) is 0 Å². The Morgan fingerprint density at radius 2 is 2.24 bits per heavy atom. The Bertz CT molecular complexity index is 658. The lowest BCUT2D eigenvalue weighted by Gasteiger charge is -2.09. The molecule has 1 heterocycles. The fourth-order valence-electron chi connectivity index (χ4n) is 1.86. The van der Waals surface area contributed by atoms with Gasteiger partial charge in [-0.3, -0.25) is 19.8 Å². The normalized spacial score (nSPS) is 16.7. The maximum atomic E-state index is 12.1. The van der Waals surface area contributed by atoms with Gasteiger partial charge in [0.2, 0.25) is 0 Å². The van der Waals surface area contributed by atoms with E-state index in [1.807, 2.05) is 6.92 Å². The number of nitro groups is 1. The molecule has 1 amide bonds. The van der Waals surface area contributed by atoms with E-state index in [-0.39, 0.29) is 17.3 Å². The van der Waals surface area contributed by atoms with E-state index in [9.17, 15) is 14.9 Å². The predicted molar refractivity (Wildman–Crippen MR) is 85.2 cm³/mol. The van der Waals surface area contributed by atoms with E-state index in [0.29, 0.717) is 21.3 Å². The number of benzene rings is 1. The monoisotopic (exact) mass is 324 g/mol. The second-order valence-electron chi connectivity index (χ2n) is 4.11. The third-order valence-corrected chi connectivity index (χ3v) is 4.26. The first-order valence-electron chi connectivity index (χ1n) is 6.05. The van der Waals surface area contributed by atoms with Crippen LogP contribution < -0.4 is 4.74 Å². The van der Waals surface area contributed by atoms with Crippen molar-refractivity contribution >= 4 is 46.0 Å². The second kappa shape index (κ2) is 6.23. The van der Waals surface area contributed by atoms with Crippen molar-refractivity contribution in [1.29, 1.82) is 0 Å². The average molecular weight is 324 g/mol. The molecule has 0 radical (unpaired) electrons. The van der Waals surface area contributed by atoms with E-state index >= 15 is 0 Å². The highest BCUT2D eigenvalue weighted by Gasteiger charge is 2.30. The first-order valence-corrected chi connectivity index (χ1v) is 7.28. The molecule has 0 aromatic heterocycles. The number of hydrogen-bond donors (Lipinski definition) is 0. The number of thiocarbonyl (C=S) groups is 1. The average Bonchev–Trinajstić information content (AvgIpc) is 2.72. The van der Waals surface area contributed by atoms with Crippen LogP contribution in [0.25, 0.3) is 6.08 Å². The highest BCUT2D eigenvalue weighted by atomic mass is 32.2. The first-order chi connectivity index (χ1) is 9.97. The Hall–Kier alpha value is -1.93. The summed E-state index contributed by atoms with van der Waals surface area (Å²) in [5.74, 6) is 0.00392. The highest BCUT2D eigenvalue weighted by molar-refractivity contribution is 8.26. The van der Waals surface area contributed by atoms with Crippen LogP contribution in [0.2, 0.25) is 0 Å². The number of rotatable bonds is 4. The molecule has 0 spiro atoms. The van der Waals surface area contributed by atoms with Crippen LogP contribution in [0.4, 0.5) is 5.69 Å². The number of thioether (sulfide) groups is 1. The summed E-state index contributed by atoms with van der Waals surface area (Å²) >= 11 is 6.31. The molecule has 8 heteroatoms. The molecule has 110 valence electrons. The van der Waals surface area contributed by atoms with Gasteiger partial charge in [0, 0.05) is 12.6 Å². The van der Waals surface area contributed by atoms with Gasteiger partial charge < -0.3 is 4.74 Å². The summed E-state index contributed by atoms with van der Waals surface area (Å²) in [5, 5.41) is 11.0. The van der Waals surface area contributed by atoms with Crippen molar-refractivity contribution in [3.8, 4) is 5.75 Å². The summed E-state index contributed by atoms with van der Waals surface area (Å²) in [6, 6.07) is 4.53. The third kappa shape index (κ3) is 3.06. The van der Waals surface area contributed by atoms with Gasteiger partial charge in [0.15, 0.2) is 5.75 Å². The number of methoxy groups -OCH3 is 1. The zero-order valence-electron chi connectivity index (χ0n) is 11.4. The number of carbonyl (C=O) groups is 1. The molecule has 0 unspecified atom stereocenters. The number of hydrogen-bond acceptors (Lipinski definition) is 6. The standard InChI is InChI=1S/C13H12N2O4S2/c1-3-14-12(16)11(21-13(14)20)7-8-4-5-10(19-2)9(6-8)15(17)18/h4-7H,3H2,1-2H3/b11-7+. The minimum absolute atomic E-state index is 0.141. The maximum absolute atomic E-state index is 12.1. The van der Waals surface area contributed by atoms with Gasteiger partial charge in [-0.2, -0.15) is 0 Å². The summed E-state index contributed by atoms with van der Waals surface area (Å²) in [5.41, 5.74) is 0.413. The van der Waals surface area contributed by atoms with E-state index < -0.39 is 4.92 Å². The van der Waals surface area contributed by atoms with Crippen LogP contribution >= 0.6 is 24.0 Å². The van der Waals surface area contributed by atoms with Crippen molar-refractivity contribution < 1.29 is 14.5 Å². The lowest BCUT2D eigenvalue weighted by molar-refractivity contribution is -0.385. The molecule has 1 aromatic rings. The number of likely N-dealkylation sites (N-methyl/N-ethyl adjacent to an activating group) is 1. The molecular formula is C13H12N2O4S2. The molecule has 1 saturated heterocycles. The molecule has 1 aliphatic rings. The summed E-state index contributed by atoms with van der Waals surface area (Å²) in [7, 11) is 1.37. The van der Waals surface area contributed by atoms with Gasteiger partial charge in [0.05, 0.1) is 16.9 Å². The Kier molecular flexibility index (Phi) is 4.59. The second-order valence-corrected chi connectivity index (χ2v) is 5.79. The summed E-state index contributed by atoms with van der Waals surface area (Å²) in [6.07, 6.45) is 1.60. The van der Waals surface area contributed by atoms with Crippen LogP contribution in [0.15, 0.2) is 23.1 Å². The molecule has 0 saturated carbocycles. The fourth-order valence-corrected chi connectivity index (χ4v) is 3.25. The number of carbonyl (C=O) groups excluding carboxylic acids is 1. The Balaban J connectivity index is 2.38. The molecule has 0 bridgehead atoms. The minimum atomic E-state index is -0.520. The van der Waals surface area contributed by atoms with Gasteiger partial charge in [-0.05, 0) is 24.6 Å². The molecule has 21 heavy (non-hydrogen) atoms. The molecule has 1 aliphatic heterocycles. The number of nitrogens with zero attached hydrogens (tertiary/aromatic N) is 2. The van der Waals surface area contributed by atoms with Gasteiger partial charge in [-0.25, -0.2) is 0 Å². The maximum Gasteiger partial charge on any atom is 0.311 e. The van der Waals surface area contributed by atoms with E-state index in [4.69, 9.17) is 17.0 Å². The lowest BCUT2D eigenvalue weighted by Crippen LogP contribution is -2.27. The van der Waals surface area contributed by atoms with Crippen molar-refractivity contribution in [2.45, 2.75) is 6.92 Å². The number of ether oxygens (including phenoxy) is 1.